The molecular formula is C17H19BrO2. The normalized spacial score (nSPS) is 10.6. The van der Waals surface area contributed by atoms with Crippen molar-refractivity contribution >= 4 is 15.9 Å². The minimum atomic E-state index is 0.743. The lowest BCUT2D eigenvalue weighted by atomic mass is 10.1. The van der Waals surface area contributed by atoms with Crippen molar-refractivity contribution in [1.29, 1.82) is 0 Å². The smallest absolute Gasteiger partial charge is 0.127 e. The van der Waals surface area contributed by atoms with Gasteiger partial charge in [0.25, 0.3) is 0 Å². The molecule has 0 atom stereocenters. The minimum Gasteiger partial charge on any atom is -0.457 e. The molecule has 2 rings (SSSR count). The first-order valence-electron chi connectivity index (χ1n) is 6.64. The first-order valence-corrected chi connectivity index (χ1v) is 7.76. The third-order valence-corrected chi connectivity index (χ3v) is 3.82. The Bertz CT molecular complexity index is 549. The molecule has 0 aromatic heterocycles. The molecule has 0 aliphatic carbocycles. The van der Waals surface area contributed by atoms with E-state index in [0.29, 0.717) is 0 Å². The summed E-state index contributed by atoms with van der Waals surface area (Å²) in [6, 6.07) is 14.3. The zero-order chi connectivity index (χ0) is 14.4. The standard InChI is InChI=1S/C17H19BrO2/c1-13-11-17(8-5-15(13)12-18)20-16-6-3-14(4-7-16)9-10-19-2/h3-8,11H,9-10,12H2,1-2H3. The molecule has 106 valence electrons. The van der Waals surface area contributed by atoms with E-state index in [4.69, 9.17) is 9.47 Å². The lowest BCUT2D eigenvalue weighted by Crippen LogP contribution is -1.94. The van der Waals surface area contributed by atoms with Crippen LogP contribution >= 0.6 is 15.9 Å². The van der Waals surface area contributed by atoms with E-state index in [-0.39, 0.29) is 0 Å². The highest BCUT2D eigenvalue weighted by molar-refractivity contribution is 9.08. The number of hydrogen-bond acceptors (Lipinski definition) is 2. The van der Waals surface area contributed by atoms with Gasteiger partial charge in [-0.1, -0.05) is 34.1 Å². The van der Waals surface area contributed by atoms with Crippen molar-refractivity contribution < 1.29 is 9.47 Å². The van der Waals surface area contributed by atoms with E-state index in [1.54, 1.807) is 7.11 Å². The fourth-order valence-electron chi connectivity index (χ4n) is 1.96. The molecule has 2 aromatic carbocycles. The summed E-state index contributed by atoms with van der Waals surface area (Å²) in [5.41, 5.74) is 3.77. The number of benzene rings is 2. The molecule has 0 radical (unpaired) electrons. The van der Waals surface area contributed by atoms with E-state index in [1.807, 2.05) is 18.2 Å². The predicted octanol–water partition coefficient (Wildman–Crippen LogP) is 4.87. The van der Waals surface area contributed by atoms with Crippen molar-refractivity contribution in [1.82, 2.24) is 0 Å². The van der Waals surface area contributed by atoms with Gasteiger partial charge in [0.15, 0.2) is 0 Å². The van der Waals surface area contributed by atoms with Crippen molar-refractivity contribution in [2.75, 3.05) is 13.7 Å². The highest BCUT2D eigenvalue weighted by Crippen LogP contribution is 2.25. The molecule has 20 heavy (non-hydrogen) atoms. The summed E-state index contributed by atoms with van der Waals surface area (Å²) in [6.07, 6.45) is 0.926. The van der Waals surface area contributed by atoms with Crippen LogP contribution in [0, 0.1) is 6.92 Å². The fourth-order valence-corrected chi connectivity index (χ4v) is 2.59. The van der Waals surface area contributed by atoms with E-state index in [1.165, 1.54) is 16.7 Å². The summed E-state index contributed by atoms with van der Waals surface area (Å²) in [7, 11) is 1.72. The zero-order valence-electron chi connectivity index (χ0n) is 11.9. The minimum absolute atomic E-state index is 0.743. The second-order valence-corrected chi connectivity index (χ2v) is 5.27. The Hall–Kier alpha value is -1.32. The number of alkyl halides is 1. The number of rotatable bonds is 6. The summed E-state index contributed by atoms with van der Waals surface area (Å²) in [6.45, 7) is 2.84. The third kappa shape index (κ3) is 4.09. The number of aryl methyl sites for hydroxylation is 1. The van der Waals surface area contributed by atoms with Gasteiger partial charge in [-0.3, -0.25) is 0 Å². The Labute approximate surface area is 128 Å². The maximum Gasteiger partial charge on any atom is 0.127 e. The van der Waals surface area contributed by atoms with Crippen molar-refractivity contribution in [2.45, 2.75) is 18.7 Å². The molecule has 0 bridgehead atoms. The second kappa shape index (κ2) is 7.46. The summed E-state index contributed by atoms with van der Waals surface area (Å²) in [4.78, 5) is 0. The Morgan fingerprint density at radius 1 is 1.00 bits per heavy atom. The Kier molecular flexibility index (Phi) is 5.62. The molecule has 0 amide bonds. The zero-order valence-corrected chi connectivity index (χ0v) is 13.4. The van der Waals surface area contributed by atoms with Crippen LogP contribution in [-0.2, 0) is 16.5 Å². The van der Waals surface area contributed by atoms with E-state index in [0.717, 1.165) is 29.9 Å². The number of methoxy groups -OCH3 is 1. The SMILES string of the molecule is COCCc1ccc(Oc2ccc(CBr)c(C)c2)cc1. The van der Waals surface area contributed by atoms with Gasteiger partial charge in [0.1, 0.15) is 11.5 Å². The van der Waals surface area contributed by atoms with Crippen LogP contribution in [0.15, 0.2) is 42.5 Å². The first kappa shape index (κ1) is 15.1. The van der Waals surface area contributed by atoms with Gasteiger partial charge in [0.2, 0.25) is 0 Å². The molecule has 0 N–H and O–H groups in total. The van der Waals surface area contributed by atoms with E-state index in [9.17, 15) is 0 Å². The lowest BCUT2D eigenvalue weighted by molar-refractivity contribution is 0.202. The molecule has 0 spiro atoms. The molecular weight excluding hydrogens is 316 g/mol. The topological polar surface area (TPSA) is 18.5 Å². The Morgan fingerprint density at radius 3 is 2.30 bits per heavy atom. The van der Waals surface area contributed by atoms with Gasteiger partial charge in [0.05, 0.1) is 6.61 Å². The van der Waals surface area contributed by atoms with E-state index < -0.39 is 0 Å². The predicted molar refractivity (Wildman–Crippen MR) is 85.9 cm³/mol. The van der Waals surface area contributed by atoms with Crippen LogP contribution in [-0.4, -0.2) is 13.7 Å². The summed E-state index contributed by atoms with van der Waals surface area (Å²) in [5, 5.41) is 0.868. The number of hydrogen-bond donors (Lipinski definition) is 0. The van der Waals surface area contributed by atoms with Crippen LogP contribution in [0.25, 0.3) is 0 Å². The van der Waals surface area contributed by atoms with Crippen molar-refractivity contribution in [3.63, 3.8) is 0 Å². The molecule has 0 aliphatic rings. The fraction of sp³-hybridized carbons (Fsp3) is 0.294. The molecule has 2 aromatic rings. The molecule has 0 fully saturated rings. The Balaban J connectivity index is 2.04. The molecule has 0 saturated heterocycles. The van der Waals surface area contributed by atoms with Gasteiger partial charge in [-0.2, -0.15) is 0 Å². The lowest BCUT2D eigenvalue weighted by Gasteiger charge is -2.09. The maximum atomic E-state index is 5.87. The van der Waals surface area contributed by atoms with Crippen molar-refractivity contribution in [3.8, 4) is 11.5 Å². The van der Waals surface area contributed by atoms with E-state index >= 15 is 0 Å². The molecule has 0 saturated carbocycles. The van der Waals surface area contributed by atoms with Gasteiger partial charge in [-0.15, -0.1) is 0 Å². The highest BCUT2D eigenvalue weighted by Gasteiger charge is 2.02. The van der Waals surface area contributed by atoms with Crippen LogP contribution < -0.4 is 4.74 Å². The summed E-state index contributed by atoms with van der Waals surface area (Å²) in [5.74, 6) is 1.73. The Morgan fingerprint density at radius 2 is 1.70 bits per heavy atom. The molecule has 3 heteroatoms. The largest absolute Gasteiger partial charge is 0.457 e. The molecule has 2 nitrogen and oxygen atoms in total. The van der Waals surface area contributed by atoms with Gasteiger partial charge >= 0.3 is 0 Å². The molecule has 0 heterocycles. The van der Waals surface area contributed by atoms with Gasteiger partial charge in [-0.05, 0) is 54.3 Å². The quantitative estimate of drug-likeness (QED) is 0.701. The summed E-state index contributed by atoms with van der Waals surface area (Å²) >= 11 is 3.48. The van der Waals surface area contributed by atoms with Gasteiger partial charge in [-0.25, -0.2) is 0 Å². The number of ether oxygens (including phenoxy) is 2. The van der Waals surface area contributed by atoms with Gasteiger partial charge in [0, 0.05) is 12.4 Å². The monoisotopic (exact) mass is 334 g/mol. The first-order chi connectivity index (χ1) is 9.72. The van der Waals surface area contributed by atoms with Crippen LogP contribution in [0.2, 0.25) is 0 Å². The van der Waals surface area contributed by atoms with Crippen LogP contribution in [0.3, 0.4) is 0 Å². The van der Waals surface area contributed by atoms with Crippen LogP contribution in [0.4, 0.5) is 0 Å². The highest BCUT2D eigenvalue weighted by atomic mass is 79.9. The average Bonchev–Trinajstić information content (AvgIpc) is 2.47. The second-order valence-electron chi connectivity index (χ2n) is 4.71. The maximum absolute atomic E-state index is 5.87. The number of halogens is 1. The van der Waals surface area contributed by atoms with Crippen LogP contribution in [0.1, 0.15) is 16.7 Å². The summed E-state index contributed by atoms with van der Waals surface area (Å²) < 4.78 is 10.9. The third-order valence-electron chi connectivity index (χ3n) is 3.21. The van der Waals surface area contributed by atoms with Crippen LogP contribution in [0.5, 0.6) is 11.5 Å². The molecule has 0 aliphatic heterocycles. The van der Waals surface area contributed by atoms with Crippen molar-refractivity contribution in [2.24, 2.45) is 0 Å². The van der Waals surface area contributed by atoms with E-state index in [2.05, 4.69) is 47.1 Å². The molecule has 0 unspecified atom stereocenters. The average molecular weight is 335 g/mol. The van der Waals surface area contributed by atoms with Crippen molar-refractivity contribution in [3.05, 3.63) is 59.2 Å². The van der Waals surface area contributed by atoms with Gasteiger partial charge < -0.3 is 9.47 Å².